The number of halogens is 1. The number of tetrazole rings is 1. The second kappa shape index (κ2) is 7.05. The first-order valence-electron chi connectivity index (χ1n) is 10.3. The van der Waals surface area contributed by atoms with Gasteiger partial charge in [0.25, 0.3) is 0 Å². The lowest BCUT2D eigenvalue weighted by atomic mass is 9.75. The number of carbonyl (C=O) groups is 1. The lowest BCUT2D eigenvalue weighted by molar-refractivity contribution is -0.155. The molecule has 1 aromatic heterocycles. The molecule has 9 heteroatoms. The van der Waals surface area contributed by atoms with Crippen molar-refractivity contribution < 1.29 is 9.18 Å². The molecule has 29 heavy (non-hydrogen) atoms. The summed E-state index contributed by atoms with van der Waals surface area (Å²) in [4.78, 5) is 19.7. The Morgan fingerprint density at radius 3 is 2.66 bits per heavy atom. The largest absolute Gasteiger partial charge is 0.368 e. The molecule has 0 bridgehead atoms. The molecule has 1 atom stereocenters. The van der Waals surface area contributed by atoms with E-state index in [1.807, 2.05) is 4.90 Å². The number of anilines is 1. The van der Waals surface area contributed by atoms with Crippen molar-refractivity contribution >= 4 is 11.6 Å². The van der Waals surface area contributed by atoms with E-state index in [0.29, 0.717) is 30.2 Å². The van der Waals surface area contributed by atoms with E-state index < -0.39 is 0 Å². The maximum absolute atomic E-state index is 14.8. The normalized spacial score (nSPS) is 24.1. The zero-order valence-electron chi connectivity index (χ0n) is 16.6. The summed E-state index contributed by atoms with van der Waals surface area (Å²) in [6, 6.07) is 4.97. The number of carbonyl (C=O) groups excluding carboxylic acids is 1. The minimum absolute atomic E-state index is 0.0527. The molecule has 5 rings (SSSR count). The lowest BCUT2D eigenvalue weighted by Gasteiger charge is -2.56. The van der Waals surface area contributed by atoms with E-state index in [-0.39, 0.29) is 23.2 Å². The van der Waals surface area contributed by atoms with E-state index in [9.17, 15) is 9.18 Å². The predicted molar refractivity (Wildman–Crippen MR) is 106 cm³/mol. The van der Waals surface area contributed by atoms with Gasteiger partial charge in [-0.3, -0.25) is 4.79 Å². The number of hydrogen-bond donors (Lipinski definition) is 1. The maximum Gasteiger partial charge on any atom is 0.228 e. The number of benzene rings is 1. The molecule has 154 valence electrons. The van der Waals surface area contributed by atoms with Gasteiger partial charge in [-0.25, -0.2) is 4.39 Å². The molecule has 0 saturated carbocycles. The predicted octanol–water partition coefficient (Wildman–Crippen LogP) is 1.53. The van der Waals surface area contributed by atoms with Crippen LogP contribution in [0.2, 0.25) is 0 Å². The molecule has 3 fully saturated rings. The van der Waals surface area contributed by atoms with E-state index >= 15 is 0 Å². The quantitative estimate of drug-likeness (QED) is 0.843. The van der Waals surface area contributed by atoms with Gasteiger partial charge in [-0.1, -0.05) is 0 Å². The molecule has 3 aliphatic heterocycles. The van der Waals surface area contributed by atoms with Crippen molar-refractivity contribution in [2.45, 2.75) is 31.2 Å². The zero-order valence-corrected chi connectivity index (χ0v) is 16.6. The standard InChI is InChI=1S/C20H26FN7O/c1-26-9-5-20(6-10-26)7-11-28(20)19(29)15-4-8-27(13-15)17-3-2-14(12-16(17)21)18-22-24-25-23-18/h2-3,12,15H,4-11,13H2,1H3,(H,22,23,24,25). The number of piperidine rings is 1. The first-order valence-corrected chi connectivity index (χ1v) is 10.3. The molecule has 3 saturated heterocycles. The minimum Gasteiger partial charge on any atom is -0.368 e. The van der Waals surface area contributed by atoms with Gasteiger partial charge >= 0.3 is 0 Å². The highest BCUT2D eigenvalue weighted by Gasteiger charge is 2.50. The molecule has 0 aliphatic carbocycles. The second-order valence-corrected chi connectivity index (χ2v) is 8.60. The van der Waals surface area contributed by atoms with E-state index in [1.165, 1.54) is 6.07 Å². The highest BCUT2D eigenvalue weighted by Crippen LogP contribution is 2.41. The maximum atomic E-state index is 14.8. The summed E-state index contributed by atoms with van der Waals surface area (Å²) in [5.74, 6) is 0.248. The second-order valence-electron chi connectivity index (χ2n) is 8.60. The molecule has 8 nitrogen and oxygen atoms in total. The summed E-state index contributed by atoms with van der Waals surface area (Å²) >= 11 is 0. The number of aromatic amines is 1. The summed E-state index contributed by atoms with van der Waals surface area (Å²) < 4.78 is 14.8. The average Bonchev–Trinajstić information content (AvgIpc) is 3.40. The van der Waals surface area contributed by atoms with Gasteiger partial charge in [0.15, 0.2) is 0 Å². The van der Waals surface area contributed by atoms with Gasteiger partial charge in [-0.2, -0.15) is 5.21 Å². The Hall–Kier alpha value is -2.55. The topological polar surface area (TPSA) is 81.2 Å². The Bertz CT molecular complexity index is 894. The van der Waals surface area contributed by atoms with Crippen molar-refractivity contribution in [3.8, 4) is 11.4 Å². The number of amides is 1. The van der Waals surface area contributed by atoms with Gasteiger partial charge in [-0.05, 0) is 56.1 Å². The molecular formula is C20H26FN7O. The molecule has 1 N–H and O–H groups in total. The van der Waals surface area contributed by atoms with E-state index in [1.54, 1.807) is 12.1 Å². The summed E-state index contributed by atoms with van der Waals surface area (Å²) in [7, 11) is 2.14. The number of nitrogens with one attached hydrogen (secondary N) is 1. The molecule has 3 aliphatic rings. The monoisotopic (exact) mass is 399 g/mol. The fourth-order valence-corrected chi connectivity index (χ4v) is 5.03. The van der Waals surface area contributed by atoms with Crippen LogP contribution in [0.15, 0.2) is 18.2 Å². The third-order valence-corrected chi connectivity index (χ3v) is 6.99. The van der Waals surface area contributed by atoms with Crippen LogP contribution in [0.3, 0.4) is 0 Å². The van der Waals surface area contributed by atoms with Gasteiger partial charge in [-0.15, -0.1) is 10.2 Å². The molecule has 1 spiro atoms. The van der Waals surface area contributed by atoms with Crippen molar-refractivity contribution in [3.05, 3.63) is 24.0 Å². The van der Waals surface area contributed by atoms with Crippen LogP contribution < -0.4 is 4.90 Å². The number of hydrogen-bond acceptors (Lipinski definition) is 6. The minimum atomic E-state index is -0.323. The summed E-state index contributed by atoms with van der Waals surface area (Å²) in [5.41, 5.74) is 1.19. The summed E-state index contributed by atoms with van der Waals surface area (Å²) in [5, 5.41) is 13.7. The van der Waals surface area contributed by atoms with Gasteiger partial charge in [0, 0.05) is 43.8 Å². The van der Waals surface area contributed by atoms with Crippen molar-refractivity contribution in [3.63, 3.8) is 0 Å². The molecule has 1 unspecified atom stereocenters. The average molecular weight is 399 g/mol. The van der Waals surface area contributed by atoms with Gasteiger partial charge in [0.1, 0.15) is 5.82 Å². The molecule has 4 heterocycles. The smallest absolute Gasteiger partial charge is 0.228 e. The van der Waals surface area contributed by atoms with Gasteiger partial charge < -0.3 is 14.7 Å². The third kappa shape index (κ3) is 3.17. The van der Waals surface area contributed by atoms with Crippen LogP contribution in [-0.2, 0) is 4.79 Å². The number of nitrogens with zero attached hydrogens (tertiary/aromatic N) is 6. The van der Waals surface area contributed by atoms with Crippen LogP contribution in [0.4, 0.5) is 10.1 Å². The first-order chi connectivity index (χ1) is 14.1. The molecule has 2 aromatic rings. The fourth-order valence-electron chi connectivity index (χ4n) is 5.03. The zero-order chi connectivity index (χ0) is 20.0. The first kappa shape index (κ1) is 18.5. The van der Waals surface area contributed by atoms with E-state index in [0.717, 1.165) is 45.3 Å². The molecule has 0 radical (unpaired) electrons. The Labute approximate surface area is 169 Å². The highest BCUT2D eigenvalue weighted by molar-refractivity contribution is 5.82. The number of aromatic nitrogens is 4. The number of H-pyrrole nitrogens is 1. The molecule has 1 amide bonds. The van der Waals surface area contributed by atoms with Gasteiger partial charge in [0.2, 0.25) is 11.7 Å². The highest BCUT2D eigenvalue weighted by atomic mass is 19.1. The van der Waals surface area contributed by atoms with Crippen LogP contribution in [0, 0.1) is 11.7 Å². The SMILES string of the molecule is CN1CCC2(CC1)CCN2C(=O)C1CCN(c2ccc(-c3nn[nH]n3)cc2F)C1. The molecular weight excluding hydrogens is 373 g/mol. The Morgan fingerprint density at radius 1 is 1.21 bits per heavy atom. The van der Waals surface area contributed by atoms with E-state index in [2.05, 4.69) is 37.5 Å². The fraction of sp³-hybridized carbons (Fsp3) is 0.600. The van der Waals surface area contributed by atoms with Crippen LogP contribution >= 0.6 is 0 Å². The van der Waals surface area contributed by atoms with E-state index in [4.69, 9.17) is 0 Å². The third-order valence-electron chi connectivity index (χ3n) is 6.99. The Balaban J connectivity index is 1.26. The lowest BCUT2D eigenvalue weighted by Crippen LogP contribution is -2.66. The van der Waals surface area contributed by atoms with Crippen molar-refractivity contribution in [1.82, 2.24) is 30.4 Å². The van der Waals surface area contributed by atoms with Crippen molar-refractivity contribution in [1.29, 1.82) is 0 Å². The van der Waals surface area contributed by atoms with Crippen LogP contribution in [0.25, 0.3) is 11.4 Å². The van der Waals surface area contributed by atoms with Crippen molar-refractivity contribution in [2.24, 2.45) is 5.92 Å². The summed E-state index contributed by atoms with van der Waals surface area (Å²) in [6.45, 7) is 4.24. The number of likely N-dealkylation sites (tertiary alicyclic amines) is 2. The van der Waals surface area contributed by atoms with Gasteiger partial charge in [0.05, 0.1) is 11.6 Å². The Kier molecular flexibility index (Phi) is 4.49. The number of rotatable bonds is 3. The van der Waals surface area contributed by atoms with Crippen LogP contribution in [0.5, 0.6) is 0 Å². The molecule has 1 aromatic carbocycles. The van der Waals surface area contributed by atoms with Crippen LogP contribution in [-0.4, -0.2) is 81.6 Å². The van der Waals surface area contributed by atoms with Crippen molar-refractivity contribution in [2.75, 3.05) is 44.7 Å². The van der Waals surface area contributed by atoms with Crippen LogP contribution in [0.1, 0.15) is 25.7 Å². The Morgan fingerprint density at radius 2 is 2.00 bits per heavy atom. The summed E-state index contributed by atoms with van der Waals surface area (Å²) in [6.07, 6.45) is 4.03.